The van der Waals surface area contributed by atoms with Gasteiger partial charge in [0.1, 0.15) is 11.3 Å². The van der Waals surface area contributed by atoms with E-state index >= 15 is 0 Å². The van der Waals surface area contributed by atoms with E-state index in [1.807, 2.05) is 12.1 Å². The van der Waals surface area contributed by atoms with Crippen molar-refractivity contribution >= 4 is 40.1 Å². The summed E-state index contributed by atoms with van der Waals surface area (Å²) in [6.07, 6.45) is 9.57. The van der Waals surface area contributed by atoms with Gasteiger partial charge in [-0.25, -0.2) is 0 Å². The first-order valence-electron chi connectivity index (χ1n) is 9.56. The maximum absolute atomic E-state index is 11.1. The van der Waals surface area contributed by atoms with Crippen molar-refractivity contribution in [2.24, 2.45) is 0 Å². The fourth-order valence-electron chi connectivity index (χ4n) is 2.87. The van der Waals surface area contributed by atoms with Gasteiger partial charge in [0.2, 0.25) is 5.12 Å². The van der Waals surface area contributed by atoms with Gasteiger partial charge in [-0.15, -0.1) is 0 Å². The number of hydrogen-bond donors (Lipinski definition) is 0. The SMILES string of the molecule is C=CC(=O)SCCCCCCCCCOc1cc(=S)oc2ccc(C)cc12. The van der Waals surface area contributed by atoms with E-state index in [1.54, 1.807) is 6.07 Å². The summed E-state index contributed by atoms with van der Waals surface area (Å²) in [5.74, 6) is 1.72. The Hall–Kier alpha value is -1.59. The molecule has 27 heavy (non-hydrogen) atoms. The largest absolute Gasteiger partial charge is 0.493 e. The number of ether oxygens (including phenoxy) is 1. The smallest absolute Gasteiger partial charge is 0.211 e. The summed E-state index contributed by atoms with van der Waals surface area (Å²) >= 11 is 6.55. The van der Waals surface area contributed by atoms with Crippen LogP contribution in [0, 0.1) is 11.6 Å². The number of unbranched alkanes of at least 4 members (excludes halogenated alkanes) is 6. The van der Waals surface area contributed by atoms with E-state index in [9.17, 15) is 4.79 Å². The number of carbonyl (C=O) groups is 1. The molecule has 5 heteroatoms. The molecule has 0 unspecified atom stereocenters. The van der Waals surface area contributed by atoms with E-state index in [0.29, 0.717) is 11.3 Å². The van der Waals surface area contributed by atoms with Crippen molar-refractivity contribution in [3.05, 3.63) is 47.2 Å². The highest BCUT2D eigenvalue weighted by Crippen LogP contribution is 2.27. The van der Waals surface area contributed by atoms with Gasteiger partial charge in [-0.3, -0.25) is 4.79 Å². The maximum Gasteiger partial charge on any atom is 0.211 e. The molecule has 1 aromatic heterocycles. The molecule has 0 aliphatic heterocycles. The summed E-state index contributed by atoms with van der Waals surface area (Å²) in [5, 5.41) is 1.06. The van der Waals surface area contributed by atoms with Crippen molar-refractivity contribution in [1.82, 2.24) is 0 Å². The van der Waals surface area contributed by atoms with Crippen LogP contribution in [-0.2, 0) is 4.79 Å². The summed E-state index contributed by atoms with van der Waals surface area (Å²) in [5.41, 5.74) is 1.95. The van der Waals surface area contributed by atoms with Crippen LogP contribution in [0.15, 0.2) is 41.3 Å². The summed E-state index contributed by atoms with van der Waals surface area (Å²) in [4.78, 5) is 11.1. The molecule has 2 aromatic rings. The van der Waals surface area contributed by atoms with E-state index in [4.69, 9.17) is 21.4 Å². The molecule has 0 aliphatic carbocycles. The van der Waals surface area contributed by atoms with Crippen LogP contribution in [0.5, 0.6) is 5.75 Å². The molecule has 0 N–H and O–H groups in total. The molecule has 1 heterocycles. The van der Waals surface area contributed by atoms with Gasteiger partial charge in [0.25, 0.3) is 0 Å². The molecule has 0 aliphatic rings. The van der Waals surface area contributed by atoms with Crippen molar-refractivity contribution in [1.29, 1.82) is 0 Å². The molecular formula is C22H28O3S2. The Morgan fingerprint density at radius 3 is 2.59 bits per heavy atom. The average Bonchev–Trinajstić information content (AvgIpc) is 2.66. The quantitative estimate of drug-likeness (QED) is 0.216. The predicted molar refractivity (Wildman–Crippen MR) is 117 cm³/mol. The molecular weight excluding hydrogens is 376 g/mol. The van der Waals surface area contributed by atoms with Gasteiger partial charge in [-0.2, -0.15) is 0 Å². The normalized spacial score (nSPS) is 10.9. The Labute approximate surface area is 171 Å². The second-order valence-electron chi connectivity index (χ2n) is 6.62. The number of fused-ring (bicyclic) bond motifs is 1. The van der Waals surface area contributed by atoms with Crippen LogP contribution < -0.4 is 4.74 Å². The Balaban J connectivity index is 1.60. The molecule has 1 aromatic carbocycles. The lowest BCUT2D eigenvalue weighted by Crippen LogP contribution is -1.98. The zero-order valence-corrected chi connectivity index (χ0v) is 17.6. The van der Waals surface area contributed by atoms with Crippen molar-refractivity contribution in [3.63, 3.8) is 0 Å². The van der Waals surface area contributed by atoms with Crippen LogP contribution in [0.1, 0.15) is 50.5 Å². The monoisotopic (exact) mass is 404 g/mol. The molecule has 2 rings (SSSR count). The zero-order valence-electron chi connectivity index (χ0n) is 16.0. The fourth-order valence-corrected chi connectivity index (χ4v) is 3.73. The van der Waals surface area contributed by atoms with E-state index in [-0.39, 0.29) is 5.12 Å². The highest BCUT2D eigenvalue weighted by Gasteiger charge is 2.06. The third-order valence-corrected chi connectivity index (χ3v) is 5.46. The summed E-state index contributed by atoms with van der Waals surface area (Å²) in [7, 11) is 0. The average molecular weight is 405 g/mol. The lowest BCUT2D eigenvalue weighted by atomic mass is 10.1. The van der Waals surface area contributed by atoms with Gasteiger partial charge in [-0.1, -0.05) is 62.1 Å². The summed E-state index contributed by atoms with van der Waals surface area (Å²) in [6.45, 7) is 6.23. The summed E-state index contributed by atoms with van der Waals surface area (Å²) in [6, 6.07) is 7.83. The topological polar surface area (TPSA) is 39.4 Å². The van der Waals surface area contributed by atoms with Gasteiger partial charge in [0.15, 0.2) is 4.71 Å². The van der Waals surface area contributed by atoms with E-state index in [2.05, 4.69) is 19.6 Å². The minimum absolute atomic E-state index is 0.0770. The molecule has 3 nitrogen and oxygen atoms in total. The number of hydrogen-bond acceptors (Lipinski definition) is 5. The van der Waals surface area contributed by atoms with Crippen molar-refractivity contribution < 1.29 is 13.9 Å². The van der Waals surface area contributed by atoms with Gasteiger partial charge in [0.05, 0.1) is 12.0 Å². The lowest BCUT2D eigenvalue weighted by Gasteiger charge is -2.09. The minimum atomic E-state index is 0.0770. The van der Waals surface area contributed by atoms with Crippen LogP contribution in [0.2, 0.25) is 0 Å². The van der Waals surface area contributed by atoms with Crippen LogP contribution in [0.3, 0.4) is 0 Å². The Bertz CT molecular complexity index is 811. The lowest BCUT2D eigenvalue weighted by molar-refractivity contribution is -0.107. The van der Waals surface area contributed by atoms with Crippen LogP contribution >= 0.6 is 24.0 Å². The first-order valence-corrected chi connectivity index (χ1v) is 11.0. The standard InChI is InChI=1S/C22H28O3S2/c1-3-21(23)27-14-10-8-6-4-5-7-9-13-24-20-16-22(26)25-19-12-11-17(2)15-18(19)20/h3,11-12,15-16H,1,4-10,13-14H2,2H3. The predicted octanol–water partition coefficient (Wildman–Crippen LogP) is 7.03. The van der Waals surface area contributed by atoms with Crippen molar-refractivity contribution in [2.75, 3.05) is 12.4 Å². The molecule has 0 bridgehead atoms. The van der Waals surface area contributed by atoms with Crippen LogP contribution in [0.25, 0.3) is 11.0 Å². The van der Waals surface area contributed by atoms with E-state index < -0.39 is 0 Å². The van der Waals surface area contributed by atoms with Crippen molar-refractivity contribution in [3.8, 4) is 5.75 Å². The Kier molecular flexibility index (Phi) is 9.64. The first-order chi connectivity index (χ1) is 13.1. The Morgan fingerprint density at radius 1 is 1.15 bits per heavy atom. The van der Waals surface area contributed by atoms with Crippen LogP contribution in [0.4, 0.5) is 0 Å². The second-order valence-corrected chi connectivity index (χ2v) is 8.13. The number of carbonyl (C=O) groups excluding carboxylic acids is 1. The molecule has 0 radical (unpaired) electrons. The van der Waals surface area contributed by atoms with Crippen molar-refractivity contribution in [2.45, 2.75) is 51.9 Å². The van der Waals surface area contributed by atoms with E-state index in [1.165, 1.54) is 55.5 Å². The minimum Gasteiger partial charge on any atom is -0.493 e. The number of rotatable bonds is 12. The molecule has 0 spiro atoms. The zero-order chi connectivity index (χ0) is 19.5. The molecule has 146 valence electrons. The van der Waals surface area contributed by atoms with Gasteiger partial charge in [0, 0.05) is 11.8 Å². The highest BCUT2D eigenvalue weighted by atomic mass is 32.2. The first kappa shape index (κ1) is 21.7. The Morgan fingerprint density at radius 2 is 1.85 bits per heavy atom. The van der Waals surface area contributed by atoms with Gasteiger partial charge in [-0.05, 0) is 50.2 Å². The molecule has 0 saturated heterocycles. The van der Waals surface area contributed by atoms with Crippen LogP contribution in [-0.4, -0.2) is 17.5 Å². The van der Waals surface area contributed by atoms with Gasteiger partial charge < -0.3 is 9.15 Å². The van der Waals surface area contributed by atoms with E-state index in [0.717, 1.165) is 35.3 Å². The highest BCUT2D eigenvalue weighted by molar-refractivity contribution is 8.14. The fraction of sp³-hybridized carbons (Fsp3) is 0.455. The summed E-state index contributed by atoms with van der Waals surface area (Å²) < 4.78 is 12.0. The number of benzene rings is 1. The molecule has 0 atom stereocenters. The number of thioether (sulfide) groups is 1. The third kappa shape index (κ3) is 7.89. The number of aryl methyl sites for hydroxylation is 1. The molecule has 0 saturated carbocycles. The second kappa shape index (κ2) is 12.0. The molecule has 0 fully saturated rings. The maximum atomic E-state index is 11.1. The molecule has 0 amide bonds. The third-order valence-electron chi connectivity index (χ3n) is 4.32. The van der Waals surface area contributed by atoms with Gasteiger partial charge >= 0.3 is 0 Å².